The first-order chi connectivity index (χ1) is 8.31. The molecular weight excluding hydrogens is 298 g/mol. The van der Waals surface area contributed by atoms with Crippen LogP contribution < -0.4 is 5.32 Å². The second-order valence-corrected chi connectivity index (χ2v) is 5.67. The van der Waals surface area contributed by atoms with Gasteiger partial charge in [-0.25, -0.2) is 0 Å². The molecule has 0 aliphatic rings. The number of halogens is 1. The average Bonchev–Trinajstić information content (AvgIpc) is 2.94. The summed E-state index contributed by atoms with van der Waals surface area (Å²) >= 11 is 5.20. The summed E-state index contributed by atoms with van der Waals surface area (Å²) in [6, 6.07) is 8.33. The third-order valence-corrected chi connectivity index (χ3v) is 4.23. The molecule has 0 bridgehead atoms. The van der Waals surface area contributed by atoms with Gasteiger partial charge in [0.2, 0.25) is 0 Å². The average molecular weight is 308 g/mol. The van der Waals surface area contributed by atoms with Crippen LogP contribution in [0.15, 0.2) is 40.3 Å². The van der Waals surface area contributed by atoms with Crippen LogP contribution in [-0.4, -0.2) is 10.2 Å². The highest BCUT2D eigenvalue weighted by molar-refractivity contribution is 9.10. The van der Waals surface area contributed by atoms with E-state index in [1.807, 2.05) is 12.3 Å². The highest BCUT2D eigenvalue weighted by atomic mass is 79.9. The third-order valence-electron chi connectivity index (χ3n) is 2.53. The predicted octanol–water partition coefficient (Wildman–Crippen LogP) is 4.00. The van der Waals surface area contributed by atoms with Crippen LogP contribution in [0.4, 0.5) is 5.69 Å². The normalized spacial score (nSPS) is 10.9. The van der Waals surface area contributed by atoms with E-state index < -0.39 is 0 Å². The van der Waals surface area contributed by atoms with Crippen molar-refractivity contribution in [1.82, 2.24) is 10.2 Å². The molecule has 0 unspecified atom stereocenters. The molecule has 0 saturated carbocycles. The summed E-state index contributed by atoms with van der Waals surface area (Å²) in [6.45, 7) is 0.847. The van der Waals surface area contributed by atoms with Gasteiger partial charge in [-0.3, -0.25) is 5.10 Å². The number of thiophene rings is 1. The minimum absolute atomic E-state index is 0.847. The van der Waals surface area contributed by atoms with E-state index in [1.165, 1.54) is 4.88 Å². The number of anilines is 1. The Morgan fingerprint density at radius 1 is 1.35 bits per heavy atom. The van der Waals surface area contributed by atoms with Gasteiger partial charge in [0.05, 0.1) is 11.7 Å². The lowest BCUT2D eigenvalue weighted by atomic mass is 10.2. The first kappa shape index (κ1) is 10.8. The summed E-state index contributed by atoms with van der Waals surface area (Å²) in [7, 11) is 0. The number of aromatic nitrogens is 2. The van der Waals surface area contributed by atoms with Gasteiger partial charge >= 0.3 is 0 Å². The highest BCUT2D eigenvalue weighted by Crippen LogP contribution is 2.22. The third kappa shape index (κ3) is 2.35. The maximum Gasteiger partial charge on any atom is 0.0651 e. The van der Waals surface area contributed by atoms with E-state index in [9.17, 15) is 0 Å². The van der Waals surface area contributed by atoms with Crippen LogP contribution in [0.3, 0.4) is 0 Å². The molecule has 3 aromatic rings. The monoisotopic (exact) mass is 307 g/mol. The standard InChI is InChI=1S/C12H10BrN3S/c13-9-4-11(17-7-9)6-14-10-1-2-12-8(3-10)5-15-16-12/h1-5,7,14H,6H2,(H,15,16). The van der Waals surface area contributed by atoms with E-state index in [2.05, 4.69) is 55.0 Å². The number of fused-ring (bicyclic) bond motifs is 1. The molecule has 0 fully saturated rings. The van der Waals surface area contributed by atoms with Crippen molar-refractivity contribution >= 4 is 43.9 Å². The molecule has 0 amide bonds. The number of aromatic amines is 1. The van der Waals surface area contributed by atoms with E-state index >= 15 is 0 Å². The van der Waals surface area contributed by atoms with Crippen LogP contribution in [0.2, 0.25) is 0 Å². The van der Waals surface area contributed by atoms with Gasteiger partial charge in [0.25, 0.3) is 0 Å². The Bertz CT molecular complexity index is 644. The van der Waals surface area contributed by atoms with E-state index in [1.54, 1.807) is 11.3 Å². The molecule has 3 rings (SSSR count). The summed E-state index contributed by atoms with van der Waals surface area (Å²) in [4.78, 5) is 1.31. The minimum Gasteiger partial charge on any atom is -0.380 e. The molecule has 3 nitrogen and oxygen atoms in total. The van der Waals surface area contributed by atoms with Crippen molar-refractivity contribution < 1.29 is 0 Å². The molecule has 0 radical (unpaired) electrons. The second kappa shape index (κ2) is 4.50. The SMILES string of the molecule is Brc1csc(CNc2ccc3[nH]ncc3c2)c1. The van der Waals surface area contributed by atoms with Crippen LogP contribution in [0.5, 0.6) is 0 Å². The van der Waals surface area contributed by atoms with Crippen molar-refractivity contribution in [3.63, 3.8) is 0 Å². The Labute approximate surface area is 111 Å². The summed E-state index contributed by atoms with van der Waals surface area (Å²) < 4.78 is 1.14. The number of nitrogens with one attached hydrogen (secondary N) is 2. The molecule has 86 valence electrons. The number of hydrogen-bond acceptors (Lipinski definition) is 3. The number of H-pyrrole nitrogens is 1. The Kier molecular flexibility index (Phi) is 2.86. The molecule has 2 N–H and O–H groups in total. The highest BCUT2D eigenvalue weighted by Gasteiger charge is 2.00. The van der Waals surface area contributed by atoms with Crippen molar-refractivity contribution in [2.45, 2.75) is 6.54 Å². The fraction of sp³-hybridized carbons (Fsp3) is 0.0833. The van der Waals surface area contributed by atoms with Gasteiger partial charge in [-0.05, 0) is 40.2 Å². The largest absolute Gasteiger partial charge is 0.380 e. The van der Waals surface area contributed by atoms with Crippen LogP contribution in [0, 0.1) is 0 Å². The summed E-state index contributed by atoms with van der Waals surface area (Å²) in [5, 5.41) is 13.6. The molecule has 0 saturated heterocycles. The quantitative estimate of drug-likeness (QED) is 0.768. The zero-order chi connectivity index (χ0) is 11.7. The zero-order valence-corrected chi connectivity index (χ0v) is 11.3. The first-order valence-electron chi connectivity index (χ1n) is 5.21. The van der Waals surface area contributed by atoms with Crippen LogP contribution in [-0.2, 0) is 6.54 Å². The van der Waals surface area contributed by atoms with Gasteiger partial charge in [-0.1, -0.05) is 0 Å². The van der Waals surface area contributed by atoms with E-state index in [0.717, 1.165) is 27.6 Å². The smallest absolute Gasteiger partial charge is 0.0651 e. The number of rotatable bonds is 3. The lowest BCUT2D eigenvalue weighted by molar-refractivity contribution is 1.12. The Morgan fingerprint density at radius 3 is 3.12 bits per heavy atom. The number of benzene rings is 1. The van der Waals surface area contributed by atoms with Gasteiger partial charge in [0.1, 0.15) is 0 Å². The molecular formula is C12H10BrN3S. The van der Waals surface area contributed by atoms with E-state index in [-0.39, 0.29) is 0 Å². The number of hydrogen-bond donors (Lipinski definition) is 2. The van der Waals surface area contributed by atoms with Crippen LogP contribution in [0.25, 0.3) is 10.9 Å². The minimum atomic E-state index is 0.847. The van der Waals surface area contributed by atoms with Gasteiger partial charge < -0.3 is 5.32 Å². The topological polar surface area (TPSA) is 40.7 Å². The lowest BCUT2D eigenvalue weighted by Crippen LogP contribution is -1.96. The summed E-state index contributed by atoms with van der Waals surface area (Å²) in [5.41, 5.74) is 2.18. The maximum absolute atomic E-state index is 4.01. The first-order valence-corrected chi connectivity index (χ1v) is 6.88. The molecule has 1 aromatic carbocycles. The maximum atomic E-state index is 4.01. The summed E-state index contributed by atoms with van der Waals surface area (Å²) in [5.74, 6) is 0. The Hall–Kier alpha value is -1.33. The van der Waals surface area contributed by atoms with Crippen molar-refractivity contribution in [2.24, 2.45) is 0 Å². The Morgan fingerprint density at radius 2 is 2.29 bits per heavy atom. The molecule has 2 heterocycles. The van der Waals surface area contributed by atoms with Crippen molar-refractivity contribution in [2.75, 3.05) is 5.32 Å². The molecule has 0 aliphatic carbocycles. The zero-order valence-electron chi connectivity index (χ0n) is 8.90. The molecule has 5 heteroatoms. The molecule has 2 aromatic heterocycles. The summed E-state index contributed by atoms with van der Waals surface area (Å²) in [6.07, 6.45) is 1.84. The van der Waals surface area contributed by atoms with E-state index in [0.29, 0.717) is 0 Å². The van der Waals surface area contributed by atoms with Gasteiger partial charge in [-0.2, -0.15) is 5.10 Å². The lowest BCUT2D eigenvalue weighted by Gasteiger charge is -2.04. The molecule has 17 heavy (non-hydrogen) atoms. The van der Waals surface area contributed by atoms with Crippen molar-refractivity contribution in [1.29, 1.82) is 0 Å². The molecule has 0 spiro atoms. The van der Waals surface area contributed by atoms with Crippen molar-refractivity contribution in [3.8, 4) is 0 Å². The fourth-order valence-corrected chi connectivity index (χ4v) is 3.08. The van der Waals surface area contributed by atoms with Crippen LogP contribution >= 0.6 is 27.3 Å². The van der Waals surface area contributed by atoms with Gasteiger partial charge in [0, 0.05) is 32.3 Å². The fourth-order valence-electron chi connectivity index (χ4n) is 1.69. The number of nitrogens with zero attached hydrogens (tertiary/aromatic N) is 1. The molecule has 0 atom stereocenters. The van der Waals surface area contributed by atoms with E-state index in [4.69, 9.17) is 0 Å². The Balaban J connectivity index is 1.76. The van der Waals surface area contributed by atoms with Crippen molar-refractivity contribution in [3.05, 3.63) is 45.2 Å². The second-order valence-electron chi connectivity index (χ2n) is 3.76. The van der Waals surface area contributed by atoms with Crippen LogP contribution in [0.1, 0.15) is 4.88 Å². The predicted molar refractivity (Wildman–Crippen MR) is 75.4 cm³/mol. The van der Waals surface area contributed by atoms with Gasteiger partial charge in [-0.15, -0.1) is 11.3 Å². The molecule has 0 aliphatic heterocycles. The van der Waals surface area contributed by atoms with Gasteiger partial charge in [0.15, 0.2) is 0 Å².